The first-order valence-electron chi connectivity index (χ1n) is 5.58. The standard InChI is InChI=1S/C14H11BrClNOS/c15-12-3-1-2-4-13(12)17-14(18)9-19-11-7-5-10(16)6-8-11/h1-8H,9H2,(H,17,18). The van der Waals surface area contributed by atoms with Gasteiger partial charge in [0.15, 0.2) is 0 Å². The summed E-state index contributed by atoms with van der Waals surface area (Å²) >= 11 is 10.7. The zero-order valence-corrected chi connectivity index (χ0v) is 13.1. The third-order valence-electron chi connectivity index (χ3n) is 2.33. The molecule has 2 rings (SSSR count). The van der Waals surface area contributed by atoms with E-state index in [4.69, 9.17) is 11.6 Å². The molecule has 0 bridgehead atoms. The van der Waals surface area contributed by atoms with Crippen molar-refractivity contribution in [2.24, 2.45) is 0 Å². The number of carbonyl (C=O) groups excluding carboxylic acids is 1. The van der Waals surface area contributed by atoms with Crippen LogP contribution >= 0.6 is 39.3 Å². The Morgan fingerprint density at radius 1 is 1.16 bits per heavy atom. The van der Waals surface area contributed by atoms with Crippen molar-refractivity contribution in [3.63, 3.8) is 0 Å². The summed E-state index contributed by atoms with van der Waals surface area (Å²) in [6, 6.07) is 15.0. The molecule has 0 saturated heterocycles. The molecular weight excluding hydrogens is 346 g/mol. The van der Waals surface area contributed by atoms with E-state index < -0.39 is 0 Å². The zero-order valence-electron chi connectivity index (χ0n) is 9.90. The summed E-state index contributed by atoms with van der Waals surface area (Å²) in [5.41, 5.74) is 0.782. The second-order valence-electron chi connectivity index (χ2n) is 3.77. The van der Waals surface area contributed by atoms with Gasteiger partial charge in [0.1, 0.15) is 0 Å². The number of anilines is 1. The fourth-order valence-corrected chi connectivity index (χ4v) is 2.64. The van der Waals surface area contributed by atoms with Crippen LogP contribution in [0.15, 0.2) is 57.9 Å². The second-order valence-corrected chi connectivity index (χ2v) is 6.11. The Balaban J connectivity index is 1.88. The summed E-state index contributed by atoms with van der Waals surface area (Å²) in [5.74, 6) is 0.329. The number of benzene rings is 2. The van der Waals surface area contributed by atoms with Crippen molar-refractivity contribution >= 4 is 50.9 Å². The first-order chi connectivity index (χ1) is 9.15. The quantitative estimate of drug-likeness (QED) is 0.795. The number of thioether (sulfide) groups is 1. The second kappa shape index (κ2) is 6.98. The van der Waals surface area contributed by atoms with Crippen LogP contribution in [-0.2, 0) is 4.79 Å². The fourth-order valence-electron chi connectivity index (χ4n) is 1.43. The number of hydrogen-bond donors (Lipinski definition) is 1. The molecule has 2 aromatic carbocycles. The van der Waals surface area contributed by atoms with Crippen LogP contribution in [0.3, 0.4) is 0 Å². The normalized spacial score (nSPS) is 10.2. The minimum atomic E-state index is -0.0353. The largest absolute Gasteiger partial charge is 0.324 e. The van der Waals surface area contributed by atoms with Gasteiger partial charge in [0.05, 0.1) is 11.4 Å². The third-order valence-corrected chi connectivity index (χ3v) is 4.29. The van der Waals surface area contributed by atoms with E-state index in [1.807, 2.05) is 48.5 Å². The molecule has 2 aromatic rings. The predicted molar refractivity (Wildman–Crippen MR) is 84.9 cm³/mol. The highest BCUT2D eigenvalue weighted by molar-refractivity contribution is 9.10. The smallest absolute Gasteiger partial charge is 0.234 e. The van der Waals surface area contributed by atoms with Crippen LogP contribution in [-0.4, -0.2) is 11.7 Å². The molecule has 0 fully saturated rings. The van der Waals surface area contributed by atoms with Crippen molar-refractivity contribution in [2.75, 3.05) is 11.1 Å². The van der Waals surface area contributed by atoms with Crippen molar-refractivity contribution < 1.29 is 4.79 Å². The van der Waals surface area contributed by atoms with Crippen molar-refractivity contribution in [3.8, 4) is 0 Å². The molecule has 0 saturated carbocycles. The van der Waals surface area contributed by atoms with Crippen LogP contribution in [0.2, 0.25) is 5.02 Å². The van der Waals surface area contributed by atoms with Gasteiger partial charge in [-0.2, -0.15) is 0 Å². The molecule has 0 radical (unpaired) electrons. The lowest BCUT2D eigenvalue weighted by atomic mass is 10.3. The van der Waals surface area contributed by atoms with Gasteiger partial charge in [-0.25, -0.2) is 0 Å². The van der Waals surface area contributed by atoms with E-state index in [9.17, 15) is 4.79 Å². The van der Waals surface area contributed by atoms with Crippen LogP contribution in [0, 0.1) is 0 Å². The topological polar surface area (TPSA) is 29.1 Å². The molecule has 19 heavy (non-hydrogen) atoms. The maximum Gasteiger partial charge on any atom is 0.234 e. The molecule has 0 spiro atoms. The molecule has 2 nitrogen and oxygen atoms in total. The minimum absolute atomic E-state index is 0.0353. The van der Waals surface area contributed by atoms with Crippen molar-refractivity contribution in [1.29, 1.82) is 0 Å². The highest BCUT2D eigenvalue weighted by Crippen LogP contribution is 2.23. The predicted octanol–water partition coefficient (Wildman–Crippen LogP) is 4.83. The van der Waals surface area contributed by atoms with E-state index in [2.05, 4.69) is 21.2 Å². The van der Waals surface area contributed by atoms with Crippen molar-refractivity contribution in [2.45, 2.75) is 4.90 Å². The first kappa shape index (κ1) is 14.4. The van der Waals surface area contributed by atoms with E-state index in [1.165, 1.54) is 11.8 Å². The maximum absolute atomic E-state index is 11.8. The Morgan fingerprint density at radius 2 is 1.84 bits per heavy atom. The molecular formula is C14H11BrClNOS. The number of hydrogen-bond acceptors (Lipinski definition) is 2. The van der Waals surface area contributed by atoms with Gasteiger partial charge >= 0.3 is 0 Å². The highest BCUT2D eigenvalue weighted by atomic mass is 79.9. The van der Waals surface area contributed by atoms with Gasteiger partial charge in [0.2, 0.25) is 5.91 Å². The fraction of sp³-hybridized carbons (Fsp3) is 0.0714. The highest BCUT2D eigenvalue weighted by Gasteiger charge is 2.05. The minimum Gasteiger partial charge on any atom is -0.324 e. The van der Waals surface area contributed by atoms with Gasteiger partial charge in [-0.05, 0) is 52.3 Å². The van der Waals surface area contributed by atoms with Gasteiger partial charge in [-0.1, -0.05) is 23.7 Å². The summed E-state index contributed by atoms with van der Waals surface area (Å²) in [4.78, 5) is 12.8. The van der Waals surface area contributed by atoms with E-state index in [-0.39, 0.29) is 5.91 Å². The zero-order chi connectivity index (χ0) is 13.7. The summed E-state index contributed by atoms with van der Waals surface area (Å²) in [7, 11) is 0. The average molecular weight is 357 g/mol. The SMILES string of the molecule is O=C(CSc1ccc(Cl)cc1)Nc1ccccc1Br. The van der Waals surface area contributed by atoms with Gasteiger partial charge in [-0.3, -0.25) is 4.79 Å². The van der Waals surface area contributed by atoms with Crippen LogP contribution in [0.25, 0.3) is 0 Å². The number of para-hydroxylation sites is 1. The first-order valence-corrected chi connectivity index (χ1v) is 7.73. The van der Waals surface area contributed by atoms with Crippen molar-refractivity contribution in [1.82, 2.24) is 0 Å². The maximum atomic E-state index is 11.8. The summed E-state index contributed by atoms with van der Waals surface area (Å²) in [6.07, 6.45) is 0. The lowest BCUT2D eigenvalue weighted by Gasteiger charge is -2.07. The number of halogens is 2. The van der Waals surface area contributed by atoms with Gasteiger partial charge in [0.25, 0.3) is 0 Å². The average Bonchev–Trinajstić information content (AvgIpc) is 2.41. The number of nitrogens with one attached hydrogen (secondary N) is 1. The van der Waals surface area contributed by atoms with Gasteiger partial charge in [-0.15, -0.1) is 11.8 Å². The summed E-state index contributed by atoms with van der Waals surface area (Å²) < 4.78 is 0.875. The van der Waals surface area contributed by atoms with Crippen molar-refractivity contribution in [3.05, 3.63) is 58.0 Å². The monoisotopic (exact) mass is 355 g/mol. The number of carbonyl (C=O) groups is 1. The van der Waals surface area contributed by atoms with Gasteiger partial charge < -0.3 is 5.32 Å². The Kier molecular flexibility index (Phi) is 5.31. The van der Waals surface area contributed by atoms with E-state index in [0.717, 1.165) is 15.1 Å². The molecule has 98 valence electrons. The molecule has 5 heteroatoms. The Morgan fingerprint density at radius 3 is 2.53 bits per heavy atom. The van der Waals surface area contributed by atoms with Crippen LogP contribution in [0.5, 0.6) is 0 Å². The molecule has 0 aliphatic rings. The molecule has 0 heterocycles. The number of rotatable bonds is 4. The van der Waals surface area contributed by atoms with Crippen LogP contribution in [0.4, 0.5) is 5.69 Å². The number of amides is 1. The molecule has 0 aliphatic carbocycles. The summed E-state index contributed by atoms with van der Waals surface area (Å²) in [5, 5.41) is 3.56. The Bertz CT molecular complexity index is 574. The molecule has 0 atom stereocenters. The lowest BCUT2D eigenvalue weighted by molar-refractivity contribution is -0.113. The molecule has 0 unspecified atom stereocenters. The van der Waals surface area contributed by atoms with Crippen LogP contribution in [0.1, 0.15) is 0 Å². The lowest BCUT2D eigenvalue weighted by Crippen LogP contribution is -2.14. The molecule has 0 aromatic heterocycles. The van der Waals surface area contributed by atoms with Crippen LogP contribution < -0.4 is 5.32 Å². The Hall–Kier alpha value is -0.970. The molecule has 1 amide bonds. The van der Waals surface area contributed by atoms with E-state index in [0.29, 0.717) is 10.8 Å². The summed E-state index contributed by atoms with van der Waals surface area (Å²) in [6.45, 7) is 0. The molecule has 1 N–H and O–H groups in total. The van der Waals surface area contributed by atoms with Gasteiger partial charge in [0, 0.05) is 14.4 Å². The third kappa shape index (κ3) is 4.56. The Labute approximate surface area is 129 Å². The van der Waals surface area contributed by atoms with E-state index >= 15 is 0 Å². The van der Waals surface area contributed by atoms with E-state index in [1.54, 1.807) is 0 Å². The molecule has 0 aliphatic heterocycles.